The van der Waals surface area contributed by atoms with Crippen molar-refractivity contribution in [2.24, 2.45) is 5.41 Å². The van der Waals surface area contributed by atoms with Gasteiger partial charge in [-0.15, -0.1) is 0 Å². The molecular formula is C13H20ClN3. The zero-order valence-corrected chi connectivity index (χ0v) is 11.5. The van der Waals surface area contributed by atoms with Gasteiger partial charge in [0, 0.05) is 18.5 Å². The third-order valence-electron chi connectivity index (χ3n) is 3.49. The lowest BCUT2D eigenvalue weighted by molar-refractivity contribution is 0.180. The Morgan fingerprint density at radius 2 is 2.12 bits per heavy atom. The first-order valence-electron chi connectivity index (χ1n) is 6.27. The van der Waals surface area contributed by atoms with Crippen molar-refractivity contribution < 1.29 is 0 Å². The first-order chi connectivity index (χ1) is 7.98. The summed E-state index contributed by atoms with van der Waals surface area (Å²) in [5, 5.41) is 3.91. The van der Waals surface area contributed by atoms with Gasteiger partial charge in [0.05, 0.1) is 0 Å². The molecule has 2 rings (SSSR count). The summed E-state index contributed by atoms with van der Waals surface area (Å²) in [5.74, 6) is 1.95. The van der Waals surface area contributed by atoms with Gasteiger partial charge < -0.3 is 5.32 Å². The van der Waals surface area contributed by atoms with Gasteiger partial charge in [-0.2, -0.15) is 0 Å². The minimum atomic E-state index is 0.300. The van der Waals surface area contributed by atoms with E-state index in [-0.39, 0.29) is 0 Å². The van der Waals surface area contributed by atoms with E-state index in [1.54, 1.807) is 6.07 Å². The van der Waals surface area contributed by atoms with Crippen LogP contribution < -0.4 is 5.32 Å². The SMILES string of the molecule is CC(C)c1nc(Cl)cc(NCC2(C)CCC2)n1. The molecule has 0 unspecified atom stereocenters. The van der Waals surface area contributed by atoms with Crippen LogP contribution in [0.2, 0.25) is 5.15 Å². The molecule has 0 aliphatic heterocycles. The van der Waals surface area contributed by atoms with E-state index in [1.165, 1.54) is 19.3 Å². The molecule has 17 heavy (non-hydrogen) atoms. The second-order valence-corrected chi connectivity index (χ2v) is 5.99. The molecule has 1 heterocycles. The third kappa shape index (κ3) is 3.09. The highest BCUT2D eigenvalue weighted by Crippen LogP contribution is 2.40. The summed E-state index contributed by atoms with van der Waals surface area (Å²) < 4.78 is 0. The predicted molar refractivity (Wildman–Crippen MR) is 71.6 cm³/mol. The molecule has 94 valence electrons. The Morgan fingerprint density at radius 1 is 1.41 bits per heavy atom. The molecule has 1 N–H and O–H groups in total. The molecule has 3 nitrogen and oxygen atoms in total. The minimum absolute atomic E-state index is 0.300. The van der Waals surface area contributed by atoms with E-state index in [4.69, 9.17) is 11.6 Å². The lowest BCUT2D eigenvalue weighted by Gasteiger charge is -2.38. The largest absolute Gasteiger partial charge is 0.369 e. The molecule has 1 aliphatic rings. The number of hydrogen-bond donors (Lipinski definition) is 1. The van der Waals surface area contributed by atoms with E-state index in [9.17, 15) is 0 Å². The van der Waals surface area contributed by atoms with Crippen LogP contribution in [0.3, 0.4) is 0 Å². The fraction of sp³-hybridized carbons (Fsp3) is 0.692. The summed E-state index contributed by atoms with van der Waals surface area (Å²) in [6.45, 7) is 7.43. The van der Waals surface area contributed by atoms with Gasteiger partial charge in [-0.1, -0.05) is 38.8 Å². The van der Waals surface area contributed by atoms with Gasteiger partial charge in [-0.3, -0.25) is 0 Å². The highest BCUT2D eigenvalue weighted by molar-refractivity contribution is 6.29. The van der Waals surface area contributed by atoms with Crippen molar-refractivity contribution in [2.75, 3.05) is 11.9 Å². The topological polar surface area (TPSA) is 37.8 Å². The van der Waals surface area contributed by atoms with Crippen molar-refractivity contribution in [3.8, 4) is 0 Å². The Kier molecular flexibility index (Phi) is 3.57. The third-order valence-corrected chi connectivity index (χ3v) is 3.68. The lowest BCUT2D eigenvalue weighted by atomic mass is 9.70. The molecule has 1 aromatic rings. The van der Waals surface area contributed by atoms with Gasteiger partial charge in [-0.25, -0.2) is 9.97 Å². The number of nitrogens with one attached hydrogen (secondary N) is 1. The number of anilines is 1. The Bertz CT molecular complexity index is 400. The van der Waals surface area contributed by atoms with Gasteiger partial charge in [-0.05, 0) is 18.3 Å². The molecule has 1 aromatic heterocycles. The van der Waals surface area contributed by atoms with Gasteiger partial charge in [0.25, 0.3) is 0 Å². The van der Waals surface area contributed by atoms with Crippen LogP contribution >= 0.6 is 11.6 Å². The Morgan fingerprint density at radius 3 is 2.65 bits per heavy atom. The molecule has 4 heteroatoms. The van der Waals surface area contributed by atoms with E-state index in [0.29, 0.717) is 16.5 Å². The van der Waals surface area contributed by atoms with Crippen molar-refractivity contribution in [2.45, 2.75) is 46.0 Å². The quantitative estimate of drug-likeness (QED) is 0.828. The molecule has 0 atom stereocenters. The van der Waals surface area contributed by atoms with Crippen molar-refractivity contribution >= 4 is 17.4 Å². The molecule has 0 spiro atoms. The highest BCUT2D eigenvalue weighted by atomic mass is 35.5. The molecule has 0 aromatic carbocycles. The summed E-state index contributed by atoms with van der Waals surface area (Å²) in [6.07, 6.45) is 3.95. The number of hydrogen-bond acceptors (Lipinski definition) is 3. The van der Waals surface area contributed by atoms with Crippen LogP contribution in [0.25, 0.3) is 0 Å². The number of halogens is 1. The van der Waals surface area contributed by atoms with Crippen molar-refractivity contribution in [1.82, 2.24) is 9.97 Å². The van der Waals surface area contributed by atoms with E-state index in [0.717, 1.165) is 18.2 Å². The van der Waals surface area contributed by atoms with Crippen molar-refractivity contribution in [1.29, 1.82) is 0 Å². The predicted octanol–water partition coefficient (Wildman–Crippen LogP) is 3.86. The fourth-order valence-corrected chi connectivity index (χ4v) is 2.23. The Hall–Kier alpha value is -0.830. The van der Waals surface area contributed by atoms with Gasteiger partial charge in [0.2, 0.25) is 0 Å². The van der Waals surface area contributed by atoms with E-state index in [2.05, 4.69) is 36.1 Å². The standard InChI is InChI=1S/C13H20ClN3/c1-9(2)12-16-10(14)7-11(17-12)15-8-13(3)5-4-6-13/h7,9H,4-6,8H2,1-3H3,(H,15,16,17). The van der Waals surface area contributed by atoms with Crippen molar-refractivity contribution in [3.63, 3.8) is 0 Å². The van der Waals surface area contributed by atoms with Crippen LogP contribution in [0.15, 0.2) is 6.07 Å². The van der Waals surface area contributed by atoms with Crippen LogP contribution in [0.1, 0.15) is 51.8 Å². The molecule has 1 aliphatic carbocycles. The zero-order chi connectivity index (χ0) is 12.5. The normalized spacial score (nSPS) is 17.9. The summed E-state index contributed by atoms with van der Waals surface area (Å²) in [7, 11) is 0. The molecule has 0 saturated heterocycles. The maximum atomic E-state index is 6.00. The smallest absolute Gasteiger partial charge is 0.135 e. The fourth-order valence-electron chi connectivity index (χ4n) is 2.05. The molecule has 0 amide bonds. The van der Waals surface area contributed by atoms with E-state index in [1.807, 2.05) is 0 Å². The monoisotopic (exact) mass is 253 g/mol. The van der Waals surface area contributed by atoms with Gasteiger partial charge >= 0.3 is 0 Å². The molecule has 1 saturated carbocycles. The Labute approximate surface area is 108 Å². The first kappa shape index (κ1) is 12.6. The number of nitrogens with zero attached hydrogens (tertiary/aromatic N) is 2. The molecule has 0 bridgehead atoms. The number of rotatable bonds is 4. The molecule has 0 radical (unpaired) electrons. The van der Waals surface area contributed by atoms with Crippen LogP contribution in [-0.2, 0) is 0 Å². The lowest BCUT2D eigenvalue weighted by Crippen LogP contribution is -2.33. The summed E-state index contributed by atoms with van der Waals surface area (Å²) in [6, 6.07) is 1.80. The second kappa shape index (κ2) is 4.81. The van der Waals surface area contributed by atoms with Crippen LogP contribution in [0.4, 0.5) is 5.82 Å². The van der Waals surface area contributed by atoms with Gasteiger partial charge in [0.1, 0.15) is 16.8 Å². The second-order valence-electron chi connectivity index (χ2n) is 5.61. The average Bonchev–Trinajstić information content (AvgIpc) is 2.23. The molecular weight excluding hydrogens is 234 g/mol. The first-order valence-corrected chi connectivity index (χ1v) is 6.65. The number of aromatic nitrogens is 2. The van der Waals surface area contributed by atoms with Crippen LogP contribution in [-0.4, -0.2) is 16.5 Å². The molecule has 1 fully saturated rings. The summed E-state index contributed by atoms with van der Waals surface area (Å²) >= 11 is 6.00. The van der Waals surface area contributed by atoms with E-state index >= 15 is 0 Å². The van der Waals surface area contributed by atoms with E-state index < -0.39 is 0 Å². The van der Waals surface area contributed by atoms with Crippen molar-refractivity contribution in [3.05, 3.63) is 17.0 Å². The van der Waals surface area contributed by atoms with Crippen LogP contribution in [0, 0.1) is 5.41 Å². The Balaban J connectivity index is 2.04. The van der Waals surface area contributed by atoms with Crippen LogP contribution in [0.5, 0.6) is 0 Å². The summed E-state index contributed by atoms with van der Waals surface area (Å²) in [4.78, 5) is 8.71. The maximum absolute atomic E-state index is 6.00. The minimum Gasteiger partial charge on any atom is -0.369 e. The maximum Gasteiger partial charge on any atom is 0.135 e. The van der Waals surface area contributed by atoms with Gasteiger partial charge in [0.15, 0.2) is 0 Å². The zero-order valence-electron chi connectivity index (χ0n) is 10.8. The summed E-state index contributed by atoms with van der Waals surface area (Å²) in [5.41, 5.74) is 0.440. The average molecular weight is 254 g/mol. The highest BCUT2D eigenvalue weighted by Gasteiger charge is 2.31.